The van der Waals surface area contributed by atoms with E-state index in [-0.39, 0.29) is 16.4 Å². The Morgan fingerprint density at radius 2 is 2.07 bits per heavy atom. The minimum atomic E-state index is -3.23. The lowest BCUT2D eigenvalue weighted by Crippen LogP contribution is -2.05. The van der Waals surface area contributed by atoms with Gasteiger partial charge in [-0.3, -0.25) is 0 Å². The van der Waals surface area contributed by atoms with Gasteiger partial charge in [0.15, 0.2) is 9.84 Å². The molecule has 0 unspecified atom stereocenters. The summed E-state index contributed by atoms with van der Waals surface area (Å²) in [4.78, 5) is 0.184. The number of rotatable bonds is 3. The molecule has 1 N–H and O–H groups in total. The molecule has 0 amide bonds. The van der Waals surface area contributed by atoms with Crippen molar-refractivity contribution in [3.8, 4) is 5.75 Å². The maximum atomic E-state index is 11.5. The van der Waals surface area contributed by atoms with E-state index in [0.29, 0.717) is 5.69 Å². The largest absolute Gasteiger partial charge is 0.871 e. The first-order valence-electron chi connectivity index (χ1n) is 4.23. The summed E-state index contributed by atoms with van der Waals surface area (Å²) >= 11 is 0. The van der Waals surface area contributed by atoms with Gasteiger partial charge in [0.1, 0.15) is 0 Å². The second-order valence-electron chi connectivity index (χ2n) is 2.81. The van der Waals surface area contributed by atoms with E-state index in [1.165, 1.54) is 18.2 Å². The molecule has 0 saturated carbocycles. The fourth-order valence-corrected chi connectivity index (χ4v) is 1.97. The normalized spacial score (nSPS) is 11.3. The first-order valence-corrected chi connectivity index (χ1v) is 5.88. The summed E-state index contributed by atoms with van der Waals surface area (Å²) in [5.41, 5.74) is 0.305. The lowest BCUT2D eigenvalue weighted by molar-refractivity contribution is -0.267. The van der Waals surface area contributed by atoms with Crippen LogP contribution in [-0.4, -0.2) is 21.2 Å². The molecule has 0 fully saturated rings. The van der Waals surface area contributed by atoms with Crippen molar-refractivity contribution in [2.45, 2.75) is 11.8 Å². The van der Waals surface area contributed by atoms with Gasteiger partial charge in [-0.25, -0.2) is 8.42 Å². The van der Waals surface area contributed by atoms with Crippen LogP contribution < -0.4 is 10.4 Å². The van der Waals surface area contributed by atoms with Crippen LogP contribution in [0.1, 0.15) is 6.92 Å². The van der Waals surface area contributed by atoms with Crippen LogP contribution in [0.4, 0.5) is 5.69 Å². The van der Waals surface area contributed by atoms with Gasteiger partial charge in [-0.05, 0) is 12.1 Å². The molecule has 0 spiro atoms. The van der Waals surface area contributed by atoms with Gasteiger partial charge in [-0.1, -0.05) is 18.7 Å². The summed E-state index contributed by atoms with van der Waals surface area (Å²) < 4.78 is 22.9. The maximum absolute atomic E-state index is 11.5. The van der Waals surface area contributed by atoms with E-state index in [4.69, 9.17) is 0 Å². The molecule has 0 saturated heterocycles. The Bertz CT molecular complexity index is 426. The van der Waals surface area contributed by atoms with Crippen molar-refractivity contribution in [3.05, 3.63) is 18.2 Å². The fraction of sp³-hybridized carbons (Fsp3) is 0.333. The zero-order chi connectivity index (χ0) is 10.8. The molecule has 1 aromatic rings. The molecule has 0 aromatic heterocycles. The van der Waals surface area contributed by atoms with E-state index >= 15 is 0 Å². The van der Waals surface area contributed by atoms with Gasteiger partial charge in [0.2, 0.25) is 0 Å². The van der Waals surface area contributed by atoms with Gasteiger partial charge < -0.3 is 10.4 Å². The van der Waals surface area contributed by atoms with Crippen molar-refractivity contribution in [2.24, 2.45) is 0 Å². The van der Waals surface area contributed by atoms with Crippen LogP contribution >= 0.6 is 0 Å². The van der Waals surface area contributed by atoms with Gasteiger partial charge in [0.25, 0.3) is 0 Å². The topological polar surface area (TPSA) is 69.2 Å². The Hall–Kier alpha value is -1.23. The summed E-state index contributed by atoms with van der Waals surface area (Å²) in [6.07, 6.45) is 0. The number of hydrogen-bond donors (Lipinski definition) is 1. The summed E-state index contributed by atoms with van der Waals surface area (Å²) in [7, 11) is -1.64. The Kier molecular flexibility index (Phi) is 3.00. The second kappa shape index (κ2) is 3.88. The predicted octanol–water partition coefficient (Wildman–Crippen LogP) is 0.596. The highest BCUT2D eigenvalue weighted by molar-refractivity contribution is 7.91. The van der Waals surface area contributed by atoms with Gasteiger partial charge >= 0.3 is 0 Å². The Balaban J connectivity index is 3.26. The predicted molar refractivity (Wildman–Crippen MR) is 53.2 cm³/mol. The summed E-state index contributed by atoms with van der Waals surface area (Å²) in [5, 5.41) is 13.8. The zero-order valence-corrected chi connectivity index (χ0v) is 8.89. The highest BCUT2D eigenvalue weighted by Crippen LogP contribution is 2.23. The van der Waals surface area contributed by atoms with Crippen LogP contribution in [-0.2, 0) is 9.84 Å². The van der Waals surface area contributed by atoms with E-state index in [2.05, 4.69) is 5.32 Å². The Morgan fingerprint density at radius 3 is 2.57 bits per heavy atom. The second-order valence-corrected chi connectivity index (χ2v) is 5.09. The van der Waals surface area contributed by atoms with E-state index in [9.17, 15) is 13.5 Å². The molecule has 0 radical (unpaired) electrons. The van der Waals surface area contributed by atoms with E-state index in [1.54, 1.807) is 14.0 Å². The van der Waals surface area contributed by atoms with Crippen molar-refractivity contribution in [2.75, 3.05) is 18.1 Å². The molecule has 0 aliphatic heterocycles. The van der Waals surface area contributed by atoms with E-state index in [0.717, 1.165) is 0 Å². The monoisotopic (exact) mass is 214 g/mol. The zero-order valence-electron chi connectivity index (χ0n) is 8.07. The van der Waals surface area contributed by atoms with Gasteiger partial charge in [0.05, 0.1) is 10.6 Å². The van der Waals surface area contributed by atoms with E-state index < -0.39 is 9.84 Å². The molecule has 0 atom stereocenters. The van der Waals surface area contributed by atoms with E-state index in [1.807, 2.05) is 0 Å². The van der Waals surface area contributed by atoms with Crippen LogP contribution in [0, 0.1) is 0 Å². The molecular formula is C9H12NO3S-. The minimum absolute atomic E-state index is 0.0361. The highest BCUT2D eigenvalue weighted by atomic mass is 32.2. The van der Waals surface area contributed by atoms with Gasteiger partial charge in [0, 0.05) is 12.7 Å². The maximum Gasteiger partial charge on any atom is 0.178 e. The van der Waals surface area contributed by atoms with Gasteiger partial charge in [-0.15, -0.1) is 0 Å². The lowest BCUT2D eigenvalue weighted by Gasteiger charge is -2.14. The minimum Gasteiger partial charge on any atom is -0.871 e. The first kappa shape index (κ1) is 10.8. The molecule has 4 nitrogen and oxygen atoms in total. The smallest absolute Gasteiger partial charge is 0.178 e. The van der Waals surface area contributed by atoms with Gasteiger partial charge in [-0.2, -0.15) is 0 Å². The van der Waals surface area contributed by atoms with Crippen molar-refractivity contribution >= 4 is 15.5 Å². The number of sulfone groups is 1. The Labute approximate surface area is 83.5 Å². The van der Waals surface area contributed by atoms with Crippen LogP contribution in [0.5, 0.6) is 5.75 Å². The standard InChI is InChI=1S/C9H13NO3S/c1-3-14(12,13)7-4-5-9(11)8(6-7)10-2/h4-6,10-11H,3H2,1-2H3/p-1. The number of anilines is 1. The third-order valence-corrected chi connectivity index (χ3v) is 3.69. The molecule has 0 aliphatic rings. The number of hydrogen-bond acceptors (Lipinski definition) is 4. The quantitative estimate of drug-likeness (QED) is 0.799. The summed E-state index contributed by atoms with van der Waals surface area (Å²) in [6.45, 7) is 1.57. The molecule has 5 heteroatoms. The third kappa shape index (κ3) is 1.98. The highest BCUT2D eigenvalue weighted by Gasteiger charge is 2.11. The average molecular weight is 214 g/mol. The van der Waals surface area contributed by atoms with Crippen molar-refractivity contribution in [1.29, 1.82) is 0 Å². The Morgan fingerprint density at radius 1 is 1.43 bits per heavy atom. The van der Waals surface area contributed by atoms with Crippen LogP contribution in [0.3, 0.4) is 0 Å². The van der Waals surface area contributed by atoms with Crippen LogP contribution in [0.15, 0.2) is 23.1 Å². The van der Waals surface area contributed by atoms with Crippen LogP contribution in [0.25, 0.3) is 0 Å². The van der Waals surface area contributed by atoms with Crippen molar-refractivity contribution in [1.82, 2.24) is 0 Å². The van der Waals surface area contributed by atoms with Crippen molar-refractivity contribution < 1.29 is 13.5 Å². The fourth-order valence-electron chi connectivity index (χ4n) is 1.06. The SMILES string of the molecule is CCS(=O)(=O)c1ccc([O-])c(NC)c1. The average Bonchev–Trinajstić information content (AvgIpc) is 2.18. The molecule has 1 aromatic carbocycles. The summed E-state index contributed by atoms with van der Waals surface area (Å²) in [6, 6.07) is 3.96. The number of benzene rings is 1. The molecule has 0 bridgehead atoms. The molecule has 14 heavy (non-hydrogen) atoms. The van der Waals surface area contributed by atoms with Crippen LogP contribution in [0.2, 0.25) is 0 Å². The molecule has 0 heterocycles. The third-order valence-electron chi connectivity index (χ3n) is 1.96. The molecule has 78 valence electrons. The number of nitrogens with one attached hydrogen (secondary N) is 1. The molecule has 1 rings (SSSR count). The molecule has 0 aliphatic carbocycles. The summed E-state index contributed by atoms with van der Waals surface area (Å²) in [5.74, 6) is -0.170. The lowest BCUT2D eigenvalue weighted by atomic mass is 10.3. The van der Waals surface area contributed by atoms with Crippen molar-refractivity contribution in [3.63, 3.8) is 0 Å². The molecular weight excluding hydrogens is 202 g/mol. The first-order chi connectivity index (χ1) is 6.51.